The molecule has 2 heterocycles. The van der Waals surface area contributed by atoms with Crippen LogP contribution in [-0.2, 0) is 20.1 Å². The van der Waals surface area contributed by atoms with Gasteiger partial charge in [-0.25, -0.2) is 9.67 Å². The van der Waals surface area contributed by atoms with Crippen molar-refractivity contribution in [2.75, 3.05) is 7.05 Å². The number of guanidine groups is 1. The molecule has 2 aromatic heterocycles. The molecule has 0 bridgehead atoms. The van der Waals surface area contributed by atoms with Crippen LogP contribution >= 0.6 is 24.0 Å². The Bertz CT molecular complexity index is 912. The zero-order valence-electron chi connectivity index (χ0n) is 16.0. The molecule has 0 aliphatic carbocycles. The third-order valence-corrected chi connectivity index (χ3v) is 4.12. The Morgan fingerprint density at radius 2 is 1.89 bits per heavy atom. The Morgan fingerprint density at radius 1 is 1.15 bits per heavy atom. The number of nitrogens with zero attached hydrogens (tertiary/aromatic N) is 6. The van der Waals surface area contributed by atoms with Crippen molar-refractivity contribution in [3.63, 3.8) is 0 Å². The van der Waals surface area contributed by atoms with Crippen LogP contribution in [-0.4, -0.2) is 37.6 Å². The van der Waals surface area contributed by atoms with Gasteiger partial charge in [0.05, 0.1) is 17.9 Å². The topological polar surface area (TPSA) is 84.9 Å². The van der Waals surface area contributed by atoms with Crippen LogP contribution in [0.15, 0.2) is 41.7 Å². The second-order valence-electron chi connectivity index (χ2n) is 6.05. The molecule has 0 fully saturated rings. The first kappa shape index (κ1) is 20.9. The van der Waals surface area contributed by atoms with Crippen molar-refractivity contribution in [3.8, 4) is 5.69 Å². The number of aromatic nitrogens is 5. The first-order valence-corrected chi connectivity index (χ1v) is 8.47. The Labute approximate surface area is 176 Å². The molecule has 9 heteroatoms. The lowest BCUT2D eigenvalue weighted by atomic mass is 10.1. The molecule has 144 valence electrons. The number of para-hydroxylation sites is 1. The molecule has 0 unspecified atom stereocenters. The zero-order chi connectivity index (χ0) is 18.5. The third kappa shape index (κ3) is 5.06. The summed E-state index contributed by atoms with van der Waals surface area (Å²) in [5.41, 5.74) is 4.32. The lowest BCUT2D eigenvalue weighted by molar-refractivity contribution is 0.672. The molecule has 2 N–H and O–H groups in total. The summed E-state index contributed by atoms with van der Waals surface area (Å²) < 4.78 is 3.71. The maximum absolute atomic E-state index is 4.59. The zero-order valence-corrected chi connectivity index (χ0v) is 18.3. The quantitative estimate of drug-likeness (QED) is 0.332. The van der Waals surface area contributed by atoms with Gasteiger partial charge in [0.15, 0.2) is 5.96 Å². The number of aryl methyl sites for hydroxylation is 3. The van der Waals surface area contributed by atoms with Crippen molar-refractivity contribution in [3.05, 3.63) is 59.4 Å². The van der Waals surface area contributed by atoms with E-state index in [-0.39, 0.29) is 24.0 Å². The SMILES string of the molecule is CN=C(NCc1ccccc1-n1nc(C)cc1C)NCc1ncnn1C.I. The largest absolute Gasteiger partial charge is 0.352 e. The fourth-order valence-electron chi connectivity index (χ4n) is 2.78. The number of benzene rings is 1. The standard InChI is InChI=1S/C18H24N8.HI/c1-13-9-14(2)26(24-13)16-8-6-5-7-15(16)10-20-18(19-3)21-11-17-22-12-23-25(17)4;/h5-9,12H,10-11H2,1-4H3,(H2,19,20,21);1H. The van der Waals surface area contributed by atoms with E-state index in [0.29, 0.717) is 19.0 Å². The van der Waals surface area contributed by atoms with Crippen molar-refractivity contribution < 1.29 is 0 Å². The number of nitrogens with one attached hydrogen (secondary N) is 2. The highest BCUT2D eigenvalue weighted by Gasteiger charge is 2.09. The monoisotopic (exact) mass is 480 g/mol. The predicted molar refractivity (Wildman–Crippen MR) is 116 cm³/mol. The Kier molecular flexibility index (Phi) is 7.34. The summed E-state index contributed by atoms with van der Waals surface area (Å²) in [7, 11) is 3.61. The number of hydrogen-bond donors (Lipinski definition) is 2. The fraction of sp³-hybridized carbons (Fsp3) is 0.333. The van der Waals surface area contributed by atoms with E-state index in [1.54, 1.807) is 11.7 Å². The summed E-state index contributed by atoms with van der Waals surface area (Å²) in [5, 5.41) is 15.3. The van der Waals surface area contributed by atoms with E-state index in [1.165, 1.54) is 6.33 Å². The van der Waals surface area contributed by atoms with E-state index in [0.717, 1.165) is 28.5 Å². The van der Waals surface area contributed by atoms with Crippen molar-refractivity contribution in [1.82, 2.24) is 35.2 Å². The molecule has 0 saturated heterocycles. The minimum Gasteiger partial charge on any atom is -0.352 e. The number of aliphatic imine (C=N–C) groups is 1. The first-order valence-electron chi connectivity index (χ1n) is 8.47. The lowest BCUT2D eigenvalue weighted by Crippen LogP contribution is -2.37. The average Bonchev–Trinajstić information content (AvgIpc) is 3.20. The molecule has 27 heavy (non-hydrogen) atoms. The van der Waals surface area contributed by atoms with Crippen LogP contribution in [0.2, 0.25) is 0 Å². The Hall–Kier alpha value is -2.43. The van der Waals surface area contributed by atoms with E-state index in [4.69, 9.17) is 0 Å². The summed E-state index contributed by atoms with van der Waals surface area (Å²) in [5.74, 6) is 1.55. The molecule has 3 rings (SSSR count). The van der Waals surface area contributed by atoms with E-state index < -0.39 is 0 Å². The molecular weight excluding hydrogens is 455 g/mol. The van der Waals surface area contributed by atoms with Gasteiger partial charge in [0.2, 0.25) is 0 Å². The normalized spacial score (nSPS) is 11.2. The maximum Gasteiger partial charge on any atom is 0.191 e. The summed E-state index contributed by atoms with van der Waals surface area (Å²) in [6.45, 7) is 5.25. The van der Waals surface area contributed by atoms with Gasteiger partial charge in [0.25, 0.3) is 0 Å². The van der Waals surface area contributed by atoms with Crippen LogP contribution in [0.3, 0.4) is 0 Å². The molecule has 0 aliphatic heterocycles. The van der Waals surface area contributed by atoms with E-state index in [9.17, 15) is 0 Å². The first-order chi connectivity index (χ1) is 12.6. The minimum atomic E-state index is 0. The van der Waals surface area contributed by atoms with Gasteiger partial charge >= 0.3 is 0 Å². The molecule has 0 aliphatic rings. The van der Waals surface area contributed by atoms with Crippen LogP contribution in [0, 0.1) is 13.8 Å². The van der Waals surface area contributed by atoms with Crippen LogP contribution in [0.5, 0.6) is 0 Å². The van der Waals surface area contributed by atoms with Crippen molar-refractivity contribution >= 4 is 29.9 Å². The van der Waals surface area contributed by atoms with Crippen LogP contribution < -0.4 is 10.6 Å². The average molecular weight is 480 g/mol. The van der Waals surface area contributed by atoms with Gasteiger partial charge < -0.3 is 10.6 Å². The molecule has 0 radical (unpaired) electrons. The molecule has 0 amide bonds. The number of rotatable bonds is 5. The van der Waals surface area contributed by atoms with Gasteiger partial charge in [0, 0.05) is 26.3 Å². The van der Waals surface area contributed by atoms with Gasteiger partial charge in [-0.3, -0.25) is 9.67 Å². The summed E-state index contributed by atoms with van der Waals surface area (Å²) in [6.07, 6.45) is 1.54. The lowest BCUT2D eigenvalue weighted by Gasteiger charge is -2.15. The molecule has 0 saturated carbocycles. The van der Waals surface area contributed by atoms with Crippen molar-refractivity contribution in [2.24, 2.45) is 12.0 Å². The Balaban J connectivity index is 0.00000261. The third-order valence-electron chi connectivity index (χ3n) is 4.12. The fourth-order valence-corrected chi connectivity index (χ4v) is 2.78. The van der Waals surface area contributed by atoms with E-state index in [2.05, 4.69) is 55.9 Å². The molecule has 3 aromatic rings. The predicted octanol–water partition coefficient (Wildman–Crippen LogP) is 2.10. The Morgan fingerprint density at radius 3 is 2.52 bits per heavy atom. The second kappa shape index (κ2) is 9.49. The molecular formula is C18H25IN8. The van der Waals surface area contributed by atoms with Gasteiger partial charge in [0.1, 0.15) is 12.2 Å². The van der Waals surface area contributed by atoms with E-state index in [1.807, 2.05) is 30.8 Å². The summed E-state index contributed by atoms with van der Waals surface area (Å²) in [4.78, 5) is 8.47. The van der Waals surface area contributed by atoms with Gasteiger partial charge in [-0.05, 0) is 31.5 Å². The van der Waals surface area contributed by atoms with E-state index >= 15 is 0 Å². The molecule has 0 atom stereocenters. The van der Waals surface area contributed by atoms with Gasteiger partial charge in [-0.1, -0.05) is 18.2 Å². The molecule has 1 aromatic carbocycles. The van der Waals surface area contributed by atoms with Crippen molar-refractivity contribution in [2.45, 2.75) is 26.9 Å². The smallest absolute Gasteiger partial charge is 0.191 e. The van der Waals surface area contributed by atoms with Crippen LogP contribution in [0.1, 0.15) is 22.8 Å². The van der Waals surface area contributed by atoms with Crippen molar-refractivity contribution in [1.29, 1.82) is 0 Å². The van der Waals surface area contributed by atoms with Gasteiger partial charge in [-0.15, -0.1) is 24.0 Å². The number of hydrogen-bond acceptors (Lipinski definition) is 4. The summed E-state index contributed by atoms with van der Waals surface area (Å²) >= 11 is 0. The second-order valence-corrected chi connectivity index (χ2v) is 6.05. The summed E-state index contributed by atoms with van der Waals surface area (Å²) in [6, 6.07) is 10.3. The molecule has 0 spiro atoms. The molecule has 8 nitrogen and oxygen atoms in total. The highest BCUT2D eigenvalue weighted by Crippen LogP contribution is 2.16. The van der Waals surface area contributed by atoms with Crippen LogP contribution in [0.25, 0.3) is 5.69 Å². The van der Waals surface area contributed by atoms with Gasteiger partial charge in [-0.2, -0.15) is 10.2 Å². The highest BCUT2D eigenvalue weighted by atomic mass is 127. The van der Waals surface area contributed by atoms with Crippen LogP contribution in [0.4, 0.5) is 0 Å². The number of halogens is 1. The maximum atomic E-state index is 4.59. The minimum absolute atomic E-state index is 0. The highest BCUT2D eigenvalue weighted by molar-refractivity contribution is 14.0.